The molecule has 2 fully saturated rings. The number of rotatable bonds is 6. The maximum Gasteiger partial charge on any atom is 0.308 e. The van der Waals surface area contributed by atoms with Gasteiger partial charge in [-0.25, -0.2) is 0 Å². The maximum absolute atomic E-state index is 11.5. The van der Waals surface area contributed by atoms with Crippen LogP contribution in [0.15, 0.2) is 0 Å². The summed E-state index contributed by atoms with van der Waals surface area (Å²) in [6.45, 7) is 4.50. The van der Waals surface area contributed by atoms with Crippen LogP contribution >= 0.6 is 0 Å². The smallest absolute Gasteiger partial charge is 0.308 e. The highest BCUT2D eigenvalue weighted by Gasteiger charge is 2.18. The van der Waals surface area contributed by atoms with Crippen LogP contribution < -0.4 is 5.32 Å². The number of piperidine rings is 1. The molecule has 0 aromatic carbocycles. The van der Waals surface area contributed by atoms with Crippen LogP contribution in [0.5, 0.6) is 0 Å². The largest absolute Gasteiger partial charge is 0.465 e. The number of nitrogens with one attached hydrogen (secondary N) is 1. The molecule has 18 heavy (non-hydrogen) atoms. The van der Waals surface area contributed by atoms with Crippen LogP contribution in [-0.2, 0) is 19.0 Å². The molecule has 2 saturated heterocycles. The highest BCUT2D eigenvalue weighted by molar-refractivity contribution is 5.69. The Morgan fingerprint density at radius 2 is 2.11 bits per heavy atom. The summed E-state index contributed by atoms with van der Waals surface area (Å²) in [5, 5.41) is 3.28. The Balaban J connectivity index is 1.48. The summed E-state index contributed by atoms with van der Waals surface area (Å²) in [5.41, 5.74) is 0. The van der Waals surface area contributed by atoms with Crippen LogP contribution in [0.4, 0.5) is 0 Å². The van der Waals surface area contributed by atoms with E-state index in [-0.39, 0.29) is 5.97 Å². The van der Waals surface area contributed by atoms with Crippen LogP contribution in [-0.4, -0.2) is 51.6 Å². The minimum Gasteiger partial charge on any atom is -0.465 e. The van der Waals surface area contributed by atoms with E-state index in [1.807, 2.05) is 0 Å². The normalized spacial score (nSPS) is 25.2. The molecular formula is C13H23NO4. The molecule has 1 N–H and O–H groups in total. The third-order valence-electron chi connectivity index (χ3n) is 3.45. The second kappa shape index (κ2) is 7.71. The zero-order chi connectivity index (χ0) is 12.6. The van der Waals surface area contributed by atoms with Gasteiger partial charge in [0.05, 0.1) is 32.3 Å². The van der Waals surface area contributed by atoms with E-state index in [1.165, 1.54) is 0 Å². The van der Waals surface area contributed by atoms with E-state index in [0.29, 0.717) is 31.7 Å². The summed E-state index contributed by atoms with van der Waals surface area (Å²) in [6.07, 6.45) is 3.74. The van der Waals surface area contributed by atoms with Crippen molar-refractivity contribution in [1.82, 2.24) is 5.32 Å². The van der Waals surface area contributed by atoms with Crippen molar-refractivity contribution in [3.05, 3.63) is 0 Å². The van der Waals surface area contributed by atoms with E-state index in [9.17, 15) is 4.79 Å². The van der Waals surface area contributed by atoms with E-state index in [1.54, 1.807) is 0 Å². The second-order valence-corrected chi connectivity index (χ2v) is 4.98. The fraction of sp³-hybridized carbons (Fsp3) is 0.923. The van der Waals surface area contributed by atoms with Gasteiger partial charge in [0.15, 0.2) is 0 Å². The molecule has 2 rings (SSSR count). The third kappa shape index (κ3) is 4.92. The molecule has 0 bridgehead atoms. The van der Waals surface area contributed by atoms with Gasteiger partial charge < -0.3 is 19.5 Å². The van der Waals surface area contributed by atoms with Gasteiger partial charge in [0.25, 0.3) is 0 Å². The first-order chi connectivity index (χ1) is 8.84. The zero-order valence-corrected chi connectivity index (χ0v) is 10.9. The minimum absolute atomic E-state index is 0.157. The van der Waals surface area contributed by atoms with Gasteiger partial charge in [0, 0.05) is 12.5 Å². The number of ether oxygens (including phenoxy) is 3. The van der Waals surface area contributed by atoms with Gasteiger partial charge in [-0.05, 0) is 32.4 Å². The first kappa shape index (κ1) is 13.8. The number of hydrogen-bond acceptors (Lipinski definition) is 5. The van der Waals surface area contributed by atoms with Gasteiger partial charge >= 0.3 is 5.97 Å². The Labute approximate surface area is 108 Å². The van der Waals surface area contributed by atoms with Crippen molar-refractivity contribution < 1.29 is 19.0 Å². The third-order valence-corrected chi connectivity index (χ3v) is 3.45. The summed E-state index contributed by atoms with van der Waals surface area (Å²) in [7, 11) is 0. The van der Waals surface area contributed by atoms with E-state index < -0.39 is 0 Å². The van der Waals surface area contributed by atoms with Crippen LogP contribution in [0.2, 0.25) is 0 Å². The van der Waals surface area contributed by atoms with E-state index >= 15 is 0 Å². The Bertz CT molecular complexity index is 247. The number of esters is 1. The molecule has 1 atom stereocenters. The highest BCUT2D eigenvalue weighted by atomic mass is 16.5. The Morgan fingerprint density at radius 3 is 2.83 bits per heavy atom. The molecule has 0 aliphatic carbocycles. The molecule has 2 heterocycles. The van der Waals surface area contributed by atoms with Crippen LogP contribution in [0.25, 0.3) is 0 Å². The Morgan fingerprint density at radius 1 is 1.28 bits per heavy atom. The molecule has 0 spiro atoms. The van der Waals surface area contributed by atoms with Crippen molar-refractivity contribution in [3.63, 3.8) is 0 Å². The lowest BCUT2D eigenvalue weighted by Crippen LogP contribution is -2.32. The zero-order valence-electron chi connectivity index (χ0n) is 10.9. The summed E-state index contributed by atoms with van der Waals surface area (Å²) in [5.74, 6) is 0.232. The molecular weight excluding hydrogens is 234 g/mol. The molecule has 1 unspecified atom stereocenters. The maximum atomic E-state index is 11.5. The Kier molecular flexibility index (Phi) is 5.90. The fourth-order valence-electron chi connectivity index (χ4n) is 2.27. The quantitative estimate of drug-likeness (QED) is 0.711. The monoisotopic (exact) mass is 257 g/mol. The molecule has 0 aromatic heterocycles. The number of carbonyl (C=O) groups excluding carboxylic acids is 1. The predicted octanol–water partition coefficient (Wildman–Crippen LogP) is 0.725. The van der Waals surface area contributed by atoms with Gasteiger partial charge in [-0.15, -0.1) is 0 Å². The highest BCUT2D eigenvalue weighted by Crippen LogP contribution is 2.13. The first-order valence-electron chi connectivity index (χ1n) is 6.90. The molecule has 104 valence electrons. The SMILES string of the molecule is O=C(CCOC1CCNCC1)OCC1CCOC1. The van der Waals surface area contributed by atoms with Gasteiger partial charge in [0.1, 0.15) is 0 Å². The van der Waals surface area contributed by atoms with Crippen molar-refractivity contribution in [1.29, 1.82) is 0 Å². The van der Waals surface area contributed by atoms with E-state index in [0.717, 1.165) is 45.6 Å². The molecule has 5 nitrogen and oxygen atoms in total. The van der Waals surface area contributed by atoms with Gasteiger partial charge in [0.2, 0.25) is 0 Å². The van der Waals surface area contributed by atoms with Crippen molar-refractivity contribution in [3.8, 4) is 0 Å². The summed E-state index contributed by atoms with van der Waals surface area (Å²) < 4.78 is 16.1. The molecule has 5 heteroatoms. The Hall–Kier alpha value is -0.650. The summed E-state index contributed by atoms with van der Waals surface area (Å²) in [4.78, 5) is 11.5. The van der Waals surface area contributed by atoms with Crippen molar-refractivity contribution >= 4 is 5.97 Å². The molecule has 2 aliphatic heterocycles. The van der Waals surface area contributed by atoms with E-state index in [4.69, 9.17) is 14.2 Å². The molecule has 0 saturated carbocycles. The minimum atomic E-state index is -0.157. The topological polar surface area (TPSA) is 56.8 Å². The lowest BCUT2D eigenvalue weighted by molar-refractivity contribution is -0.146. The van der Waals surface area contributed by atoms with Gasteiger partial charge in [-0.1, -0.05) is 0 Å². The average Bonchev–Trinajstić information content (AvgIpc) is 2.91. The number of hydrogen-bond donors (Lipinski definition) is 1. The van der Waals surface area contributed by atoms with Crippen molar-refractivity contribution in [2.75, 3.05) is 39.5 Å². The molecule has 0 radical (unpaired) electrons. The fourth-order valence-corrected chi connectivity index (χ4v) is 2.27. The average molecular weight is 257 g/mol. The summed E-state index contributed by atoms with van der Waals surface area (Å²) >= 11 is 0. The van der Waals surface area contributed by atoms with Crippen LogP contribution in [0, 0.1) is 5.92 Å². The van der Waals surface area contributed by atoms with Crippen LogP contribution in [0.3, 0.4) is 0 Å². The molecule has 0 amide bonds. The second-order valence-electron chi connectivity index (χ2n) is 4.98. The molecule has 0 aromatic rings. The predicted molar refractivity (Wildman–Crippen MR) is 66.3 cm³/mol. The first-order valence-corrected chi connectivity index (χ1v) is 6.90. The lowest BCUT2D eigenvalue weighted by Gasteiger charge is -2.22. The number of carbonyl (C=O) groups is 1. The van der Waals surface area contributed by atoms with Crippen molar-refractivity contribution in [2.45, 2.75) is 31.8 Å². The van der Waals surface area contributed by atoms with Gasteiger partial charge in [-0.3, -0.25) is 4.79 Å². The van der Waals surface area contributed by atoms with Gasteiger partial charge in [-0.2, -0.15) is 0 Å². The standard InChI is InChI=1S/C13H23NO4/c15-13(18-10-11-3-7-16-9-11)4-8-17-12-1-5-14-6-2-12/h11-12,14H,1-10H2. The van der Waals surface area contributed by atoms with E-state index in [2.05, 4.69) is 5.32 Å². The van der Waals surface area contributed by atoms with Crippen LogP contribution in [0.1, 0.15) is 25.7 Å². The lowest BCUT2D eigenvalue weighted by atomic mass is 10.1. The van der Waals surface area contributed by atoms with Crippen molar-refractivity contribution in [2.24, 2.45) is 5.92 Å². The molecule has 2 aliphatic rings. The summed E-state index contributed by atoms with van der Waals surface area (Å²) in [6, 6.07) is 0.